The fourth-order valence-corrected chi connectivity index (χ4v) is 4.43. The van der Waals surface area contributed by atoms with E-state index in [0.717, 1.165) is 21.5 Å². The van der Waals surface area contributed by atoms with E-state index in [4.69, 9.17) is 0 Å². The molecule has 0 amide bonds. The molecular weight excluding hydrogens is 264 g/mol. The highest BCUT2D eigenvalue weighted by Crippen LogP contribution is 2.40. The number of fused-ring (bicyclic) bond motifs is 3. The minimum atomic E-state index is -3.36. The van der Waals surface area contributed by atoms with Gasteiger partial charge in [0, 0.05) is 11.1 Å². The van der Waals surface area contributed by atoms with Gasteiger partial charge >= 0.3 is 0 Å². The summed E-state index contributed by atoms with van der Waals surface area (Å²) in [6.45, 7) is 0. The Kier molecular flexibility index (Phi) is 2.20. The van der Waals surface area contributed by atoms with Crippen molar-refractivity contribution in [2.45, 2.75) is 9.79 Å². The highest BCUT2D eigenvalue weighted by atomic mass is 32.2. The molecule has 17 heavy (non-hydrogen) atoms. The van der Waals surface area contributed by atoms with Crippen LogP contribution >= 0.6 is 0 Å². The van der Waals surface area contributed by atoms with Crippen LogP contribution in [-0.2, 0) is 9.84 Å². The first-order valence-corrected chi connectivity index (χ1v) is 7.46. The molecule has 0 atom stereocenters. The van der Waals surface area contributed by atoms with Gasteiger partial charge in [0.2, 0.25) is 9.84 Å². The van der Waals surface area contributed by atoms with Crippen LogP contribution in [0.25, 0.3) is 11.1 Å². The van der Waals surface area contributed by atoms with E-state index in [-0.39, 0.29) is 0 Å². The van der Waals surface area contributed by atoms with Crippen molar-refractivity contribution >= 4 is 40.7 Å². The number of hydrogen-bond donors (Lipinski definition) is 0. The Morgan fingerprint density at radius 2 is 1.59 bits per heavy atom. The van der Waals surface area contributed by atoms with Crippen molar-refractivity contribution in [1.82, 2.24) is 0 Å². The van der Waals surface area contributed by atoms with Gasteiger partial charge in [-0.05, 0) is 12.1 Å². The molecule has 2 aromatic carbocycles. The summed E-state index contributed by atoms with van der Waals surface area (Å²) in [4.78, 5) is 0.748. The van der Waals surface area contributed by atoms with Crippen molar-refractivity contribution in [3.05, 3.63) is 36.4 Å². The molecule has 0 saturated carbocycles. The topological polar surface area (TPSA) is 34.1 Å². The van der Waals surface area contributed by atoms with Crippen molar-refractivity contribution in [2.24, 2.45) is 0 Å². The lowest BCUT2D eigenvalue weighted by Crippen LogP contribution is -2.27. The van der Waals surface area contributed by atoms with Crippen molar-refractivity contribution < 1.29 is 8.42 Å². The molecule has 2 nitrogen and oxygen atoms in total. The second-order valence-electron chi connectivity index (χ2n) is 3.86. The Balaban J connectivity index is 2.55. The average Bonchev–Trinajstić information content (AvgIpc) is 2.54. The first-order chi connectivity index (χ1) is 8.03. The molecule has 5 heteroatoms. The van der Waals surface area contributed by atoms with E-state index in [0.29, 0.717) is 9.79 Å². The molecule has 0 N–H and O–H groups in total. The second-order valence-corrected chi connectivity index (χ2v) is 6.79. The second kappa shape index (κ2) is 3.41. The SMILES string of the molecule is O=S1(=O)c2ccccc2-c2c1ccc([Si])c2[Si]. The standard InChI is InChI=1S/C12H6O2SSi2/c13-15(14)8-4-2-1-3-7(8)11-9(15)5-6-10(16)12(11)17/h1-6H. The first-order valence-electron chi connectivity index (χ1n) is 4.98. The summed E-state index contributed by atoms with van der Waals surface area (Å²) in [6, 6.07) is 10.4. The maximum absolute atomic E-state index is 12.3. The molecule has 0 unspecified atom stereocenters. The maximum atomic E-state index is 12.3. The van der Waals surface area contributed by atoms with Gasteiger partial charge in [-0.15, -0.1) is 0 Å². The normalized spacial score (nSPS) is 15.4. The highest BCUT2D eigenvalue weighted by molar-refractivity contribution is 7.92. The zero-order valence-electron chi connectivity index (χ0n) is 8.69. The summed E-state index contributed by atoms with van der Waals surface area (Å²) in [5.41, 5.74) is 1.50. The largest absolute Gasteiger partial charge is 0.218 e. The first kappa shape index (κ1) is 10.9. The van der Waals surface area contributed by atoms with Gasteiger partial charge in [-0.2, -0.15) is 0 Å². The van der Waals surface area contributed by atoms with Gasteiger partial charge in [0.15, 0.2) is 0 Å². The van der Waals surface area contributed by atoms with Gasteiger partial charge in [-0.1, -0.05) is 34.6 Å². The fraction of sp³-hybridized carbons (Fsp3) is 0. The van der Waals surface area contributed by atoms with Crippen LogP contribution in [0.3, 0.4) is 0 Å². The lowest BCUT2D eigenvalue weighted by Gasteiger charge is -2.06. The van der Waals surface area contributed by atoms with E-state index < -0.39 is 9.84 Å². The molecule has 3 rings (SSSR count). The van der Waals surface area contributed by atoms with Gasteiger partial charge in [0.05, 0.1) is 30.3 Å². The number of hydrogen-bond acceptors (Lipinski definition) is 2. The molecule has 2 aromatic rings. The van der Waals surface area contributed by atoms with Gasteiger partial charge in [0.1, 0.15) is 0 Å². The minimum absolute atomic E-state index is 0.366. The molecule has 1 heterocycles. The average molecular weight is 270 g/mol. The molecule has 1 aliphatic heterocycles. The van der Waals surface area contributed by atoms with Gasteiger partial charge in [0.25, 0.3) is 0 Å². The molecule has 0 aromatic heterocycles. The Morgan fingerprint density at radius 1 is 0.882 bits per heavy atom. The smallest absolute Gasteiger partial charge is 0.207 e. The number of rotatable bonds is 0. The van der Waals surface area contributed by atoms with Gasteiger partial charge < -0.3 is 0 Å². The van der Waals surface area contributed by atoms with Crippen LogP contribution < -0.4 is 10.4 Å². The number of sulfone groups is 1. The van der Waals surface area contributed by atoms with Crippen molar-refractivity contribution in [3.8, 4) is 11.1 Å². The summed E-state index contributed by atoms with van der Waals surface area (Å²) >= 11 is 0. The Labute approximate surface area is 106 Å². The van der Waals surface area contributed by atoms with E-state index in [9.17, 15) is 8.42 Å². The summed E-state index contributed by atoms with van der Waals surface area (Å²) in [5.74, 6) is 0. The molecule has 0 saturated heterocycles. The molecule has 0 aliphatic carbocycles. The van der Waals surface area contributed by atoms with Crippen LogP contribution in [0.2, 0.25) is 0 Å². The lowest BCUT2D eigenvalue weighted by molar-refractivity contribution is 0.599. The van der Waals surface area contributed by atoms with E-state index in [2.05, 4.69) is 20.5 Å². The minimum Gasteiger partial charge on any atom is -0.218 e. The molecule has 6 radical (unpaired) electrons. The fourth-order valence-electron chi connectivity index (χ4n) is 2.10. The van der Waals surface area contributed by atoms with Gasteiger partial charge in [-0.25, -0.2) is 8.42 Å². The third kappa shape index (κ3) is 1.33. The zero-order valence-corrected chi connectivity index (χ0v) is 11.5. The van der Waals surface area contributed by atoms with Crippen LogP contribution in [0.4, 0.5) is 0 Å². The van der Waals surface area contributed by atoms with Gasteiger partial charge in [-0.3, -0.25) is 0 Å². The molecule has 80 valence electrons. The lowest BCUT2D eigenvalue weighted by atomic mass is 10.1. The van der Waals surface area contributed by atoms with Crippen LogP contribution in [0, 0.1) is 0 Å². The van der Waals surface area contributed by atoms with E-state index in [1.54, 1.807) is 24.3 Å². The van der Waals surface area contributed by atoms with Crippen LogP contribution in [0.1, 0.15) is 0 Å². The van der Waals surface area contributed by atoms with Crippen molar-refractivity contribution in [2.75, 3.05) is 0 Å². The summed E-state index contributed by atoms with van der Waals surface area (Å²) < 4.78 is 24.6. The molecule has 1 aliphatic rings. The van der Waals surface area contributed by atoms with Crippen molar-refractivity contribution in [3.63, 3.8) is 0 Å². The van der Waals surface area contributed by atoms with Crippen LogP contribution in [-0.4, -0.2) is 28.9 Å². The van der Waals surface area contributed by atoms with E-state index in [1.807, 2.05) is 12.1 Å². The molecule has 0 bridgehead atoms. The predicted octanol–water partition coefficient (Wildman–Crippen LogP) is 0.0874. The van der Waals surface area contributed by atoms with Crippen LogP contribution in [0.5, 0.6) is 0 Å². The highest BCUT2D eigenvalue weighted by Gasteiger charge is 2.33. The zero-order chi connectivity index (χ0) is 12.2. The Hall–Kier alpha value is -1.18. The summed E-state index contributed by atoms with van der Waals surface area (Å²) in [5, 5.41) is 1.61. The Morgan fingerprint density at radius 3 is 2.35 bits per heavy atom. The molecule has 0 spiro atoms. The third-order valence-corrected chi connectivity index (χ3v) is 5.94. The monoisotopic (exact) mass is 270 g/mol. The Bertz CT molecular complexity index is 736. The quantitative estimate of drug-likeness (QED) is 0.543. The van der Waals surface area contributed by atoms with E-state index in [1.165, 1.54) is 0 Å². The predicted molar refractivity (Wildman–Crippen MR) is 68.1 cm³/mol. The van der Waals surface area contributed by atoms with Crippen molar-refractivity contribution in [1.29, 1.82) is 0 Å². The maximum Gasteiger partial charge on any atom is 0.207 e. The molecule has 0 fully saturated rings. The summed E-state index contributed by atoms with van der Waals surface area (Å²) in [7, 11) is 3.59. The van der Waals surface area contributed by atoms with Crippen LogP contribution in [0.15, 0.2) is 46.2 Å². The molecular formula is C12H6O2SSi2. The summed E-state index contributed by atoms with van der Waals surface area (Å²) in [6.07, 6.45) is 0. The number of benzene rings is 2. The van der Waals surface area contributed by atoms with E-state index >= 15 is 0 Å². The third-order valence-electron chi connectivity index (χ3n) is 2.90.